The van der Waals surface area contributed by atoms with Crippen molar-refractivity contribution < 1.29 is 0 Å². The lowest BCUT2D eigenvalue weighted by Gasteiger charge is -2.28. The topological polar surface area (TPSA) is 68.4 Å². The molecule has 0 unspecified atom stereocenters. The summed E-state index contributed by atoms with van der Waals surface area (Å²) in [5.74, 6) is 0.544. The Morgan fingerprint density at radius 3 is 1.79 bits per heavy atom. The van der Waals surface area contributed by atoms with Crippen LogP contribution >= 0.6 is 23.2 Å². The maximum Gasteiger partial charge on any atom is 0.212 e. The van der Waals surface area contributed by atoms with E-state index in [9.17, 15) is 0 Å². The van der Waals surface area contributed by atoms with Gasteiger partial charge in [-0.25, -0.2) is 9.97 Å². The first-order valence-corrected chi connectivity index (χ1v) is 7.85. The van der Waals surface area contributed by atoms with Crippen molar-refractivity contribution in [2.24, 2.45) is 4.99 Å². The van der Waals surface area contributed by atoms with Gasteiger partial charge in [0.1, 0.15) is 10.3 Å². The standard InChI is InChI=1S/C16H16Cl2N6/c1-23(9-12-3-5-14(17)20-7-12)16(22-11-19)24(2)10-13-4-6-15(18)21-8-13/h3-8H,9-10H2,1-2H3. The summed E-state index contributed by atoms with van der Waals surface area (Å²) in [5, 5.41) is 9.88. The monoisotopic (exact) mass is 362 g/mol. The molecule has 0 N–H and O–H groups in total. The molecule has 0 aliphatic carbocycles. The average Bonchev–Trinajstić information content (AvgIpc) is 2.56. The Balaban J connectivity index is 2.09. The summed E-state index contributed by atoms with van der Waals surface area (Å²) in [7, 11) is 3.72. The fourth-order valence-electron chi connectivity index (χ4n) is 2.20. The second kappa shape index (κ2) is 8.48. The molecule has 0 saturated carbocycles. The van der Waals surface area contributed by atoms with Crippen molar-refractivity contribution >= 4 is 29.2 Å². The molecule has 2 aromatic heterocycles. The second-order valence-corrected chi connectivity index (χ2v) is 5.98. The largest absolute Gasteiger partial charge is 0.341 e. The van der Waals surface area contributed by atoms with Crippen molar-refractivity contribution in [1.82, 2.24) is 19.8 Å². The molecule has 124 valence electrons. The predicted molar refractivity (Wildman–Crippen MR) is 94.5 cm³/mol. The van der Waals surface area contributed by atoms with Gasteiger partial charge in [-0.1, -0.05) is 35.3 Å². The average molecular weight is 363 g/mol. The smallest absolute Gasteiger partial charge is 0.212 e. The summed E-state index contributed by atoms with van der Waals surface area (Å²) in [6.45, 7) is 1.10. The molecule has 0 atom stereocenters. The highest BCUT2D eigenvalue weighted by molar-refractivity contribution is 6.29. The lowest BCUT2D eigenvalue weighted by atomic mass is 10.2. The van der Waals surface area contributed by atoms with E-state index in [2.05, 4.69) is 15.0 Å². The van der Waals surface area contributed by atoms with Crippen molar-refractivity contribution in [3.63, 3.8) is 0 Å². The van der Waals surface area contributed by atoms with Gasteiger partial charge in [0.2, 0.25) is 12.2 Å². The number of hydrogen-bond donors (Lipinski definition) is 0. The van der Waals surface area contributed by atoms with Crippen LogP contribution in [0.15, 0.2) is 41.7 Å². The Hall–Kier alpha value is -2.36. The van der Waals surface area contributed by atoms with Gasteiger partial charge in [-0.15, -0.1) is 4.99 Å². The second-order valence-electron chi connectivity index (χ2n) is 5.20. The molecule has 2 aromatic rings. The summed E-state index contributed by atoms with van der Waals surface area (Å²) in [4.78, 5) is 15.8. The van der Waals surface area contributed by atoms with E-state index in [1.807, 2.05) is 42.2 Å². The van der Waals surface area contributed by atoms with Gasteiger partial charge < -0.3 is 9.80 Å². The van der Waals surface area contributed by atoms with Crippen LogP contribution in [0.25, 0.3) is 0 Å². The van der Waals surface area contributed by atoms with Crippen LogP contribution in [-0.2, 0) is 13.1 Å². The van der Waals surface area contributed by atoms with Crippen molar-refractivity contribution in [3.05, 3.63) is 58.1 Å². The third-order valence-electron chi connectivity index (χ3n) is 3.25. The van der Waals surface area contributed by atoms with Gasteiger partial charge >= 0.3 is 0 Å². The van der Waals surface area contributed by atoms with Crippen LogP contribution in [0.1, 0.15) is 11.1 Å². The highest BCUT2D eigenvalue weighted by Crippen LogP contribution is 2.11. The summed E-state index contributed by atoms with van der Waals surface area (Å²) < 4.78 is 0. The fourth-order valence-corrected chi connectivity index (χ4v) is 2.42. The maximum atomic E-state index is 8.99. The Kier molecular flexibility index (Phi) is 6.36. The Bertz CT molecular complexity index is 681. The van der Waals surface area contributed by atoms with E-state index in [4.69, 9.17) is 28.5 Å². The summed E-state index contributed by atoms with van der Waals surface area (Å²) in [6.07, 6.45) is 5.25. The summed E-state index contributed by atoms with van der Waals surface area (Å²) >= 11 is 11.6. The molecular weight excluding hydrogens is 347 g/mol. The lowest BCUT2D eigenvalue weighted by Crippen LogP contribution is -2.39. The molecule has 0 saturated heterocycles. The number of aromatic nitrogens is 2. The zero-order valence-electron chi connectivity index (χ0n) is 13.3. The van der Waals surface area contributed by atoms with Crippen LogP contribution in [0.3, 0.4) is 0 Å². The molecule has 0 fully saturated rings. The molecular formula is C16H16Cl2N6. The van der Waals surface area contributed by atoms with Gasteiger partial charge in [0.25, 0.3) is 0 Å². The lowest BCUT2D eigenvalue weighted by molar-refractivity contribution is 0.379. The van der Waals surface area contributed by atoms with Crippen molar-refractivity contribution in [1.29, 1.82) is 5.26 Å². The van der Waals surface area contributed by atoms with Gasteiger partial charge in [0, 0.05) is 39.6 Å². The van der Waals surface area contributed by atoms with Crippen LogP contribution in [0.5, 0.6) is 0 Å². The molecule has 0 aliphatic rings. The van der Waals surface area contributed by atoms with Gasteiger partial charge in [-0.2, -0.15) is 5.26 Å². The first-order chi connectivity index (χ1) is 11.5. The number of hydrogen-bond acceptors (Lipinski definition) is 4. The highest BCUT2D eigenvalue weighted by atomic mass is 35.5. The van der Waals surface area contributed by atoms with E-state index in [1.165, 1.54) is 0 Å². The minimum Gasteiger partial charge on any atom is -0.341 e. The third kappa shape index (κ3) is 5.08. The van der Waals surface area contributed by atoms with Crippen molar-refractivity contribution in [2.45, 2.75) is 13.1 Å². The first kappa shape index (κ1) is 18.0. The van der Waals surface area contributed by atoms with E-state index < -0.39 is 0 Å². The molecule has 6 nitrogen and oxygen atoms in total. The van der Waals surface area contributed by atoms with E-state index in [0.717, 1.165) is 11.1 Å². The first-order valence-electron chi connectivity index (χ1n) is 7.09. The van der Waals surface area contributed by atoms with Gasteiger partial charge in [0.15, 0.2) is 0 Å². The Morgan fingerprint density at radius 1 is 1.00 bits per heavy atom. The molecule has 0 aromatic carbocycles. The Labute approximate surface area is 151 Å². The molecule has 8 heteroatoms. The maximum absolute atomic E-state index is 8.99. The van der Waals surface area contributed by atoms with Gasteiger partial charge in [0.05, 0.1) is 0 Å². The third-order valence-corrected chi connectivity index (χ3v) is 3.70. The van der Waals surface area contributed by atoms with E-state index in [0.29, 0.717) is 29.4 Å². The number of guanidine groups is 1. The SMILES string of the molecule is CN(Cc1ccc(Cl)nc1)C(=NC#N)N(C)Cc1ccc(Cl)nc1. The van der Waals surface area contributed by atoms with Crippen LogP contribution in [0.4, 0.5) is 0 Å². The number of halogens is 2. The van der Waals surface area contributed by atoms with Crippen LogP contribution in [0.2, 0.25) is 10.3 Å². The minimum absolute atomic E-state index is 0.444. The number of nitrogens with zero attached hydrogens (tertiary/aromatic N) is 6. The summed E-state index contributed by atoms with van der Waals surface area (Å²) in [6, 6.07) is 7.24. The van der Waals surface area contributed by atoms with E-state index in [-0.39, 0.29) is 0 Å². The minimum atomic E-state index is 0.444. The predicted octanol–water partition coefficient (Wildman–Crippen LogP) is 3.18. The molecule has 2 heterocycles. The summed E-state index contributed by atoms with van der Waals surface area (Å²) in [5.41, 5.74) is 1.93. The molecule has 0 radical (unpaired) electrons. The van der Waals surface area contributed by atoms with Gasteiger partial charge in [-0.3, -0.25) is 0 Å². The Morgan fingerprint density at radius 2 is 1.46 bits per heavy atom. The van der Waals surface area contributed by atoms with Crippen LogP contribution in [0, 0.1) is 11.5 Å². The molecule has 24 heavy (non-hydrogen) atoms. The molecule has 0 amide bonds. The number of pyridine rings is 2. The number of aliphatic imine (C=N–C) groups is 1. The van der Waals surface area contributed by atoms with Crippen molar-refractivity contribution in [3.8, 4) is 6.19 Å². The quantitative estimate of drug-likeness (QED) is 0.361. The van der Waals surface area contributed by atoms with Crippen LogP contribution < -0.4 is 0 Å². The molecule has 0 spiro atoms. The van der Waals surface area contributed by atoms with Crippen LogP contribution in [-0.4, -0.2) is 39.8 Å². The molecule has 0 bridgehead atoms. The van der Waals surface area contributed by atoms with E-state index in [1.54, 1.807) is 24.5 Å². The zero-order chi connectivity index (χ0) is 17.5. The fraction of sp³-hybridized carbons (Fsp3) is 0.250. The number of rotatable bonds is 4. The van der Waals surface area contributed by atoms with Crippen molar-refractivity contribution in [2.75, 3.05) is 14.1 Å². The normalized spacial score (nSPS) is 9.96. The molecule has 0 aliphatic heterocycles. The zero-order valence-corrected chi connectivity index (χ0v) is 14.8. The molecule has 2 rings (SSSR count). The van der Waals surface area contributed by atoms with E-state index >= 15 is 0 Å². The number of nitriles is 1. The van der Waals surface area contributed by atoms with Gasteiger partial charge in [-0.05, 0) is 23.3 Å². The highest BCUT2D eigenvalue weighted by Gasteiger charge is 2.14.